The van der Waals surface area contributed by atoms with E-state index in [1.54, 1.807) is 0 Å². The molecule has 0 fully saturated rings. The monoisotopic (exact) mass is 280 g/mol. The molecule has 1 aromatic heterocycles. The fraction of sp³-hybridized carbons (Fsp3) is 0.385. The minimum Gasteiger partial charge on any atom is -0.480 e. The summed E-state index contributed by atoms with van der Waals surface area (Å²) in [4.78, 5) is 15.4. The zero-order valence-electron chi connectivity index (χ0n) is 10.8. The van der Waals surface area contributed by atoms with Gasteiger partial charge in [-0.05, 0) is 12.1 Å². The van der Waals surface area contributed by atoms with Gasteiger partial charge in [-0.15, -0.1) is 0 Å². The van der Waals surface area contributed by atoms with Crippen LogP contribution in [0.3, 0.4) is 0 Å². The minimum atomic E-state index is -0.864. The van der Waals surface area contributed by atoms with Crippen LogP contribution < -0.4 is 5.32 Å². The molecule has 0 bridgehead atoms. The van der Waals surface area contributed by atoms with Gasteiger partial charge in [-0.2, -0.15) is 0 Å². The first kappa shape index (κ1) is 13.9. The molecule has 6 heteroatoms. The second-order valence-electron chi connectivity index (χ2n) is 4.47. The molecule has 0 spiro atoms. The fourth-order valence-corrected chi connectivity index (χ4v) is 2.52. The Morgan fingerprint density at radius 3 is 2.84 bits per heavy atom. The van der Waals surface area contributed by atoms with Gasteiger partial charge in [0.1, 0.15) is 11.6 Å². The summed E-state index contributed by atoms with van der Waals surface area (Å²) in [6, 6.07) is 6.98. The number of nitrogens with one attached hydrogen (secondary N) is 1. The third-order valence-electron chi connectivity index (χ3n) is 2.48. The Morgan fingerprint density at radius 2 is 2.21 bits per heavy atom. The van der Waals surface area contributed by atoms with E-state index < -0.39 is 12.0 Å². The minimum absolute atomic E-state index is 0.116. The molecule has 0 saturated carbocycles. The molecule has 0 amide bonds. The normalized spacial score (nSPS) is 13.0. The molecule has 19 heavy (non-hydrogen) atoms. The smallest absolute Gasteiger partial charge is 0.321 e. The number of thioether (sulfide) groups is 1. The summed E-state index contributed by atoms with van der Waals surface area (Å²) in [5, 5.41) is 12.6. The number of hydrogen-bond donors (Lipinski definition) is 2. The van der Waals surface area contributed by atoms with E-state index in [-0.39, 0.29) is 6.04 Å². The van der Waals surface area contributed by atoms with Crippen LogP contribution >= 0.6 is 11.8 Å². The van der Waals surface area contributed by atoms with Crippen molar-refractivity contribution in [3.8, 4) is 0 Å². The van der Waals surface area contributed by atoms with E-state index in [2.05, 4.69) is 10.3 Å². The molecule has 2 aromatic rings. The van der Waals surface area contributed by atoms with E-state index in [1.807, 2.05) is 38.1 Å². The van der Waals surface area contributed by atoms with E-state index in [4.69, 9.17) is 9.52 Å². The fourth-order valence-electron chi connectivity index (χ4n) is 1.66. The molecule has 102 valence electrons. The molecular weight excluding hydrogens is 264 g/mol. The Bertz CT molecular complexity index is 535. The average Bonchev–Trinajstić information content (AvgIpc) is 2.76. The first-order chi connectivity index (χ1) is 9.06. The number of rotatable bonds is 6. The molecule has 0 saturated heterocycles. The lowest BCUT2D eigenvalue weighted by Gasteiger charge is -2.15. The van der Waals surface area contributed by atoms with Crippen LogP contribution in [0.4, 0.5) is 0 Å². The molecule has 1 unspecified atom stereocenters. The van der Waals surface area contributed by atoms with Gasteiger partial charge in [-0.3, -0.25) is 4.79 Å². The van der Waals surface area contributed by atoms with Crippen molar-refractivity contribution in [3.05, 3.63) is 24.3 Å². The summed E-state index contributed by atoms with van der Waals surface area (Å²) in [5.41, 5.74) is 1.50. The number of carboxylic acid groups (broad SMARTS) is 1. The molecule has 0 aliphatic rings. The maximum atomic E-state index is 11.1. The predicted molar refractivity (Wildman–Crippen MR) is 74.4 cm³/mol. The predicted octanol–water partition coefficient (Wildman–Crippen LogP) is 2.37. The molecule has 0 aliphatic heterocycles. The van der Waals surface area contributed by atoms with Crippen molar-refractivity contribution < 1.29 is 14.3 Å². The first-order valence-corrected chi connectivity index (χ1v) is 7.02. The van der Waals surface area contributed by atoms with E-state index in [1.165, 1.54) is 11.8 Å². The van der Waals surface area contributed by atoms with Gasteiger partial charge >= 0.3 is 5.97 Å². The average molecular weight is 280 g/mol. The molecule has 1 heterocycles. The van der Waals surface area contributed by atoms with Crippen molar-refractivity contribution in [2.24, 2.45) is 0 Å². The largest absolute Gasteiger partial charge is 0.480 e. The van der Waals surface area contributed by atoms with Crippen LogP contribution in [-0.4, -0.2) is 33.9 Å². The van der Waals surface area contributed by atoms with Gasteiger partial charge in [-0.25, -0.2) is 4.98 Å². The van der Waals surface area contributed by atoms with Gasteiger partial charge in [-0.1, -0.05) is 37.7 Å². The van der Waals surface area contributed by atoms with Crippen molar-refractivity contribution in [1.29, 1.82) is 0 Å². The Labute approximate surface area is 115 Å². The highest BCUT2D eigenvalue weighted by atomic mass is 32.2. The zero-order valence-corrected chi connectivity index (χ0v) is 11.6. The van der Waals surface area contributed by atoms with E-state index in [9.17, 15) is 4.79 Å². The Morgan fingerprint density at radius 1 is 1.47 bits per heavy atom. The number of aliphatic carboxylic acids is 1. The lowest BCUT2D eigenvalue weighted by atomic mass is 10.3. The van der Waals surface area contributed by atoms with E-state index in [0.29, 0.717) is 16.6 Å². The number of benzene rings is 1. The summed E-state index contributed by atoms with van der Waals surface area (Å²) in [6.07, 6.45) is 0. The molecule has 2 rings (SSSR count). The van der Waals surface area contributed by atoms with Crippen LogP contribution in [0.5, 0.6) is 0 Å². The van der Waals surface area contributed by atoms with Crippen LogP contribution in [0.1, 0.15) is 13.8 Å². The quantitative estimate of drug-likeness (QED) is 0.791. The number of nitrogens with zero attached hydrogens (tertiary/aromatic N) is 1. The lowest BCUT2D eigenvalue weighted by Crippen LogP contribution is -2.42. The van der Waals surface area contributed by atoms with Crippen LogP contribution in [0, 0.1) is 0 Å². The van der Waals surface area contributed by atoms with Crippen molar-refractivity contribution >= 4 is 28.8 Å². The van der Waals surface area contributed by atoms with Crippen molar-refractivity contribution in [1.82, 2.24) is 10.3 Å². The molecular formula is C13H16N2O3S. The topological polar surface area (TPSA) is 75.4 Å². The highest BCUT2D eigenvalue weighted by molar-refractivity contribution is 7.99. The van der Waals surface area contributed by atoms with Crippen LogP contribution in [0.2, 0.25) is 0 Å². The third-order valence-corrected chi connectivity index (χ3v) is 3.40. The van der Waals surface area contributed by atoms with Gasteiger partial charge in [0.2, 0.25) is 0 Å². The Balaban J connectivity index is 2.02. The van der Waals surface area contributed by atoms with Crippen LogP contribution in [0.15, 0.2) is 33.9 Å². The van der Waals surface area contributed by atoms with Crippen LogP contribution in [0.25, 0.3) is 11.1 Å². The van der Waals surface area contributed by atoms with Gasteiger partial charge in [0.05, 0.1) is 0 Å². The Hall–Kier alpha value is -1.53. The van der Waals surface area contributed by atoms with Crippen molar-refractivity contribution in [2.45, 2.75) is 31.2 Å². The highest BCUT2D eigenvalue weighted by Gasteiger charge is 2.19. The number of hydrogen-bond acceptors (Lipinski definition) is 5. The lowest BCUT2D eigenvalue weighted by molar-refractivity contribution is -0.139. The van der Waals surface area contributed by atoms with Gasteiger partial charge < -0.3 is 14.8 Å². The number of para-hydroxylation sites is 2. The summed E-state index contributed by atoms with van der Waals surface area (Å²) < 4.78 is 5.53. The number of carboxylic acids is 1. The number of oxazole rings is 1. The van der Waals surface area contributed by atoms with Gasteiger partial charge in [0.15, 0.2) is 5.58 Å². The summed E-state index contributed by atoms with van der Waals surface area (Å²) in [5.74, 6) is -0.488. The standard InChI is InChI=1S/C13H16N2O3S/c1-8(2)14-10(12(16)17)7-19-13-15-9-5-3-4-6-11(9)18-13/h3-6,8,10,14H,7H2,1-2H3,(H,16,17). The van der Waals surface area contributed by atoms with Crippen LogP contribution in [-0.2, 0) is 4.79 Å². The molecule has 1 atom stereocenters. The second kappa shape index (κ2) is 6.08. The maximum Gasteiger partial charge on any atom is 0.321 e. The van der Waals surface area contributed by atoms with E-state index in [0.717, 1.165) is 5.52 Å². The molecule has 5 nitrogen and oxygen atoms in total. The van der Waals surface area contributed by atoms with Crippen molar-refractivity contribution in [3.63, 3.8) is 0 Å². The SMILES string of the molecule is CC(C)NC(CSc1nc2ccccc2o1)C(=O)O. The summed E-state index contributed by atoms with van der Waals surface area (Å²) in [7, 11) is 0. The highest BCUT2D eigenvalue weighted by Crippen LogP contribution is 2.23. The number of carbonyl (C=O) groups is 1. The Kier molecular flexibility index (Phi) is 4.44. The summed E-state index contributed by atoms with van der Waals surface area (Å²) >= 11 is 1.30. The molecule has 0 radical (unpaired) electrons. The van der Waals surface area contributed by atoms with Gasteiger partial charge in [0.25, 0.3) is 5.22 Å². The summed E-state index contributed by atoms with van der Waals surface area (Å²) in [6.45, 7) is 3.83. The van der Waals surface area contributed by atoms with E-state index >= 15 is 0 Å². The zero-order chi connectivity index (χ0) is 13.8. The van der Waals surface area contributed by atoms with Gasteiger partial charge in [0, 0.05) is 11.8 Å². The number of fused-ring (bicyclic) bond motifs is 1. The first-order valence-electron chi connectivity index (χ1n) is 6.03. The maximum absolute atomic E-state index is 11.1. The number of aromatic nitrogens is 1. The van der Waals surface area contributed by atoms with Crippen molar-refractivity contribution in [2.75, 3.05) is 5.75 Å². The molecule has 1 aromatic carbocycles. The molecule has 0 aliphatic carbocycles. The third kappa shape index (κ3) is 3.71. The second-order valence-corrected chi connectivity index (χ2v) is 5.44. The molecule has 2 N–H and O–H groups in total.